The molecule has 0 radical (unpaired) electrons. The van der Waals surface area contributed by atoms with Crippen molar-refractivity contribution >= 4 is 23.5 Å². The van der Waals surface area contributed by atoms with Crippen LogP contribution in [0.2, 0.25) is 0 Å². The Kier molecular flexibility index (Phi) is 5.23. The highest BCUT2D eigenvalue weighted by Gasteiger charge is 2.18. The molecule has 0 aliphatic heterocycles. The first-order valence-electron chi connectivity index (χ1n) is 8.40. The molecule has 1 aliphatic carbocycles. The van der Waals surface area contributed by atoms with E-state index in [1.165, 1.54) is 37.5 Å². The number of nitrogens with zero attached hydrogens (tertiary/aromatic N) is 3. The summed E-state index contributed by atoms with van der Waals surface area (Å²) in [4.78, 5) is 22.3. The van der Waals surface area contributed by atoms with Gasteiger partial charge in [-0.25, -0.2) is 4.68 Å². The number of hydrogen-bond acceptors (Lipinski definition) is 4. The molecule has 25 heavy (non-hydrogen) atoms. The normalized spacial score (nSPS) is 15.4. The van der Waals surface area contributed by atoms with Gasteiger partial charge in [0.15, 0.2) is 0 Å². The maximum Gasteiger partial charge on any atom is 0.269 e. The molecule has 1 aliphatic rings. The van der Waals surface area contributed by atoms with Gasteiger partial charge < -0.3 is 5.32 Å². The number of amides is 1. The summed E-state index contributed by atoms with van der Waals surface area (Å²) in [6, 6.07) is 8.18. The summed E-state index contributed by atoms with van der Waals surface area (Å²) in [5, 5.41) is 17.8. The Morgan fingerprint density at radius 2 is 1.92 bits per heavy atom. The number of non-ortho nitro benzene ring substituents is 1. The van der Waals surface area contributed by atoms with Crippen molar-refractivity contribution in [3.63, 3.8) is 0 Å². The van der Waals surface area contributed by atoms with Gasteiger partial charge in [0.25, 0.3) is 5.69 Å². The Hall–Kier alpha value is -2.96. The van der Waals surface area contributed by atoms with Gasteiger partial charge in [0.1, 0.15) is 5.82 Å². The van der Waals surface area contributed by atoms with Crippen molar-refractivity contribution < 1.29 is 9.72 Å². The third-order valence-corrected chi connectivity index (χ3v) is 4.37. The number of hydrogen-bond donors (Lipinski definition) is 1. The van der Waals surface area contributed by atoms with Gasteiger partial charge in [-0.1, -0.05) is 19.3 Å². The molecule has 130 valence electrons. The van der Waals surface area contributed by atoms with Crippen molar-refractivity contribution in [3.8, 4) is 0 Å². The average molecular weight is 340 g/mol. The van der Waals surface area contributed by atoms with E-state index in [9.17, 15) is 14.9 Å². The number of nitro groups is 1. The lowest BCUT2D eigenvalue weighted by molar-refractivity contribution is -0.384. The quantitative estimate of drug-likeness (QED) is 0.507. The van der Waals surface area contributed by atoms with Crippen LogP contribution in [0.15, 0.2) is 42.6 Å². The molecule has 3 rings (SSSR count). The summed E-state index contributed by atoms with van der Waals surface area (Å²) in [5.74, 6) is 0.446. The van der Waals surface area contributed by atoms with Gasteiger partial charge in [0.2, 0.25) is 5.91 Å². The van der Waals surface area contributed by atoms with Crippen LogP contribution in [-0.2, 0) is 4.79 Å². The number of benzene rings is 1. The minimum atomic E-state index is -0.452. The highest BCUT2D eigenvalue weighted by Crippen LogP contribution is 2.29. The van der Waals surface area contributed by atoms with Crippen LogP contribution in [0, 0.1) is 10.1 Å². The molecule has 0 spiro atoms. The molecule has 0 saturated heterocycles. The maximum absolute atomic E-state index is 12.1. The standard InChI is InChI=1S/C18H20N4O3/c23-18(11-8-14-6-9-16(10-7-14)22(24)25)20-17-12-13-19-21(17)15-4-2-1-3-5-15/h6-13,15H,1-5H2,(H,20,23)/b11-8+. The van der Waals surface area contributed by atoms with Gasteiger partial charge >= 0.3 is 0 Å². The molecule has 7 heteroatoms. The summed E-state index contributed by atoms with van der Waals surface area (Å²) in [5.41, 5.74) is 0.750. The summed E-state index contributed by atoms with van der Waals surface area (Å²) in [6.45, 7) is 0. The van der Waals surface area contributed by atoms with Gasteiger partial charge in [-0.05, 0) is 36.6 Å². The van der Waals surface area contributed by atoms with E-state index in [1.807, 2.05) is 4.68 Å². The molecule has 1 saturated carbocycles. The predicted octanol–water partition coefficient (Wildman–Crippen LogP) is 3.95. The predicted molar refractivity (Wildman–Crippen MR) is 95.1 cm³/mol. The molecule has 1 heterocycles. The molecule has 0 atom stereocenters. The third-order valence-electron chi connectivity index (χ3n) is 4.37. The SMILES string of the molecule is O=C(/C=C/c1ccc([N+](=O)[O-])cc1)Nc1ccnn1C1CCCCC1. The smallest absolute Gasteiger partial charge is 0.269 e. The zero-order chi connectivity index (χ0) is 17.6. The topological polar surface area (TPSA) is 90.1 Å². The highest BCUT2D eigenvalue weighted by atomic mass is 16.6. The lowest BCUT2D eigenvalue weighted by atomic mass is 9.96. The van der Waals surface area contributed by atoms with Crippen molar-refractivity contribution in [2.45, 2.75) is 38.1 Å². The van der Waals surface area contributed by atoms with E-state index >= 15 is 0 Å². The van der Waals surface area contributed by atoms with Gasteiger partial charge in [0, 0.05) is 24.3 Å². The van der Waals surface area contributed by atoms with E-state index in [-0.39, 0.29) is 11.6 Å². The van der Waals surface area contributed by atoms with E-state index < -0.39 is 4.92 Å². The Balaban J connectivity index is 1.62. The first-order chi connectivity index (χ1) is 12.1. The third kappa shape index (κ3) is 4.32. The Labute approximate surface area is 145 Å². The fraction of sp³-hybridized carbons (Fsp3) is 0.333. The molecule has 1 amide bonds. The largest absolute Gasteiger partial charge is 0.307 e. The van der Waals surface area contributed by atoms with E-state index in [0.29, 0.717) is 11.9 Å². The molecule has 1 fully saturated rings. The second-order valence-electron chi connectivity index (χ2n) is 6.12. The second kappa shape index (κ2) is 7.74. The number of nitrogens with one attached hydrogen (secondary N) is 1. The van der Waals surface area contributed by atoms with Crippen LogP contribution in [0.5, 0.6) is 0 Å². The fourth-order valence-electron chi connectivity index (χ4n) is 3.08. The number of nitro benzene ring substituents is 1. The van der Waals surface area contributed by atoms with Crippen LogP contribution < -0.4 is 5.32 Å². The molecule has 0 unspecified atom stereocenters. The number of aromatic nitrogens is 2. The zero-order valence-corrected chi connectivity index (χ0v) is 13.8. The minimum absolute atomic E-state index is 0.0259. The molecule has 1 aromatic heterocycles. The minimum Gasteiger partial charge on any atom is -0.307 e. The Morgan fingerprint density at radius 3 is 2.60 bits per heavy atom. The molecule has 1 aromatic carbocycles. The fourth-order valence-corrected chi connectivity index (χ4v) is 3.08. The van der Waals surface area contributed by atoms with E-state index in [4.69, 9.17) is 0 Å². The van der Waals surface area contributed by atoms with Gasteiger partial charge in [-0.15, -0.1) is 0 Å². The van der Waals surface area contributed by atoms with Crippen molar-refractivity contribution in [1.82, 2.24) is 9.78 Å². The van der Waals surface area contributed by atoms with Crippen LogP contribution >= 0.6 is 0 Å². The summed E-state index contributed by atoms with van der Waals surface area (Å²) < 4.78 is 1.90. The second-order valence-corrected chi connectivity index (χ2v) is 6.12. The van der Waals surface area contributed by atoms with E-state index in [2.05, 4.69) is 10.4 Å². The molecule has 1 N–H and O–H groups in total. The van der Waals surface area contributed by atoms with E-state index in [0.717, 1.165) is 18.4 Å². The van der Waals surface area contributed by atoms with Crippen LogP contribution in [0.25, 0.3) is 6.08 Å². The Morgan fingerprint density at radius 1 is 1.20 bits per heavy atom. The van der Waals surface area contributed by atoms with Crippen LogP contribution in [0.3, 0.4) is 0 Å². The molecule has 7 nitrogen and oxygen atoms in total. The van der Waals surface area contributed by atoms with Crippen molar-refractivity contribution in [3.05, 3.63) is 58.3 Å². The highest BCUT2D eigenvalue weighted by molar-refractivity contribution is 6.01. The Bertz CT molecular complexity index is 774. The summed E-state index contributed by atoms with van der Waals surface area (Å²) in [7, 11) is 0. The van der Waals surface area contributed by atoms with Crippen LogP contribution in [0.1, 0.15) is 43.7 Å². The maximum atomic E-state index is 12.1. The van der Waals surface area contributed by atoms with Gasteiger partial charge in [0.05, 0.1) is 17.2 Å². The molecule has 0 bridgehead atoms. The number of carbonyl (C=O) groups excluding carboxylic acids is 1. The summed E-state index contributed by atoms with van der Waals surface area (Å²) in [6.07, 6.45) is 10.6. The lowest BCUT2D eigenvalue weighted by Gasteiger charge is -2.23. The first-order valence-corrected chi connectivity index (χ1v) is 8.40. The molecular weight excluding hydrogens is 320 g/mol. The number of anilines is 1. The van der Waals surface area contributed by atoms with Crippen molar-refractivity contribution in [2.75, 3.05) is 5.32 Å². The van der Waals surface area contributed by atoms with Crippen LogP contribution in [0.4, 0.5) is 11.5 Å². The van der Waals surface area contributed by atoms with Crippen molar-refractivity contribution in [2.24, 2.45) is 0 Å². The monoisotopic (exact) mass is 340 g/mol. The average Bonchev–Trinajstić information content (AvgIpc) is 3.09. The van der Waals surface area contributed by atoms with Crippen molar-refractivity contribution in [1.29, 1.82) is 0 Å². The molecular formula is C18H20N4O3. The molecule has 2 aromatic rings. The van der Waals surface area contributed by atoms with E-state index in [1.54, 1.807) is 30.5 Å². The van der Waals surface area contributed by atoms with Crippen LogP contribution in [-0.4, -0.2) is 20.6 Å². The number of rotatable bonds is 5. The number of carbonyl (C=O) groups is 1. The van der Waals surface area contributed by atoms with Gasteiger partial charge in [-0.2, -0.15) is 5.10 Å². The lowest BCUT2D eigenvalue weighted by Crippen LogP contribution is -2.19. The summed E-state index contributed by atoms with van der Waals surface area (Å²) >= 11 is 0. The first kappa shape index (κ1) is 16.9. The van der Waals surface area contributed by atoms with Gasteiger partial charge in [-0.3, -0.25) is 14.9 Å². The zero-order valence-electron chi connectivity index (χ0n) is 13.8.